The molecule has 0 bridgehead atoms. The van der Waals surface area contributed by atoms with E-state index < -0.39 is 53.3 Å². The first kappa shape index (κ1) is 32.8. The Bertz CT molecular complexity index is 1260. The average molecular weight is 606 g/mol. The van der Waals surface area contributed by atoms with Gasteiger partial charge >= 0.3 is 18.0 Å². The van der Waals surface area contributed by atoms with Crippen LogP contribution in [-0.4, -0.2) is 57.5 Å². The van der Waals surface area contributed by atoms with Crippen LogP contribution in [0, 0.1) is 5.82 Å². The molecule has 0 saturated carbocycles. The first-order valence-electron chi connectivity index (χ1n) is 10.7. The summed E-state index contributed by atoms with van der Waals surface area (Å²) in [6, 6.07) is 3.69. The third-order valence-electron chi connectivity index (χ3n) is 5.19. The second-order valence-electron chi connectivity index (χ2n) is 8.53. The molecule has 0 saturated heterocycles. The molecule has 0 spiro atoms. The standard InChI is InChI=1S/C21H23F8N7O3S/c1-18(2,9-37)36(31)17(34-30)40-14-5-4-11(35-39-3)7-12(14)16(38)33-15-13(22)6-10(8-32-15)19(23,24)20(25,26)21(27,28)29/h4-8,35,37H,9,30-31H2,1-3H3,(H,32,33,38)/b34-17+. The number of pyridine rings is 1. The van der Waals surface area contributed by atoms with Gasteiger partial charge in [0.1, 0.15) is 0 Å². The molecule has 10 nitrogen and oxygen atoms in total. The molecule has 0 aliphatic heterocycles. The number of aliphatic hydroxyl groups excluding tert-OH is 1. The summed E-state index contributed by atoms with van der Waals surface area (Å²) in [5.74, 6) is -5.03. The third-order valence-corrected chi connectivity index (χ3v) is 6.25. The van der Waals surface area contributed by atoms with Crippen LogP contribution in [0.3, 0.4) is 0 Å². The molecule has 1 aromatic carbocycles. The van der Waals surface area contributed by atoms with E-state index >= 15 is 0 Å². The van der Waals surface area contributed by atoms with E-state index in [-0.39, 0.29) is 33.6 Å². The Morgan fingerprint density at radius 3 is 2.30 bits per heavy atom. The Hall–Kier alpha value is -3.42. The van der Waals surface area contributed by atoms with E-state index in [4.69, 9.17) is 16.5 Å². The average Bonchev–Trinajstić information content (AvgIpc) is 2.87. The van der Waals surface area contributed by atoms with E-state index in [9.17, 15) is 45.0 Å². The molecular formula is C21H23F8N7O3S. The normalized spacial score (nSPS) is 13.3. The zero-order chi connectivity index (χ0) is 30.7. The van der Waals surface area contributed by atoms with Crippen molar-refractivity contribution < 1.29 is 49.9 Å². The summed E-state index contributed by atoms with van der Waals surface area (Å²) in [6.07, 6.45) is -6.77. The molecule has 19 heteroatoms. The number of carbonyl (C=O) groups is 1. The predicted octanol–water partition coefficient (Wildman–Crippen LogP) is 4.00. The second kappa shape index (κ2) is 12.0. The van der Waals surface area contributed by atoms with Crippen molar-refractivity contribution in [2.24, 2.45) is 16.8 Å². The number of alkyl halides is 7. The van der Waals surface area contributed by atoms with Crippen LogP contribution in [-0.2, 0) is 10.8 Å². The number of anilines is 2. The largest absolute Gasteiger partial charge is 0.460 e. The molecule has 0 unspecified atom stereocenters. The molecule has 0 radical (unpaired) electrons. The van der Waals surface area contributed by atoms with Crippen molar-refractivity contribution >= 4 is 34.3 Å². The lowest BCUT2D eigenvalue weighted by Gasteiger charge is -2.34. The van der Waals surface area contributed by atoms with Crippen molar-refractivity contribution in [1.82, 2.24) is 9.99 Å². The molecule has 0 atom stereocenters. The lowest BCUT2D eigenvalue weighted by molar-refractivity contribution is -0.359. The number of carbonyl (C=O) groups excluding carboxylic acids is 1. The van der Waals surface area contributed by atoms with Crippen molar-refractivity contribution in [2.75, 3.05) is 24.5 Å². The Balaban J connectivity index is 2.45. The molecule has 7 N–H and O–H groups in total. The number of rotatable bonds is 9. The van der Waals surface area contributed by atoms with Crippen LogP contribution >= 0.6 is 11.8 Å². The highest BCUT2D eigenvalue weighted by Gasteiger charge is 2.73. The number of hydrogen-bond donors (Lipinski definition) is 5. The number of nitrogens with one attached hydrogen (secondary N) is 2. The number of aromatic nitrogens is 1. The van der Waals surface area contributed by atoms with Crippen LogP contribution in [0.1, 0.15) is 29.8 Å². The van der Waals surface area contributed by atoms with Gasteiger partial charge in [0.2, 0.25) is 5.17 Å². The van der Waals surface area contributed by atoms with Gasteiger partial charge in [0, 0.05) is 16.7 Å². The lowest BCUT2D eigenvalue weighted by atomic mass is 10.0. The first-order chi connectivity index (χ1) is 18.3. The SMILES string of the molecule is CONc1ccc(S/C(=N/N)N(N)C(C)(C)CO)c(C(=O)Nc2ncc(C(F)(F)C(F)(F)C(F)(F)F)cc2F)c1. The number of nitrogens with two attached hydrogens (primary N) is 2. The molecule has 0 fully saturated rings. The molecule has 40 heavy (non-hydrogen) atoms. The van der Waals surface area contributed by atoms with Crippen LogP contribution in [0.15, 0.2) is 40.5 Å². The summed E-state index contributed by atoms with van der Waals surface area (Å²) >= 11 is 0.729. The van der Waals surface area contributed by atoms with Crippen LogP contribution in [0.4, 0.5) is 46.6 Å². The van der Waals surface area contributed by atoms with Gasteiger partial charge in [0.05, 0.1) is 30.5 Å². The van der Waals surface area contributed by atoms with Gasteiger partial charge < -0.3 is 16.3 Å². The number of amidine groups is 1. The van der Waals surface area contributed by atoms with E-state index in [0.717, 1.165) is 16.8 Å². The minimum atomic E-state index is -6.65. The number of benzene rings is 1. The van der Waals surface area contributed by atoms with E-state index in [1.807, 2.05) is 5.32 Å². The molecule has 0 aliphatic rings. The Morgan fingerprint density at radius 1 is 1.18 bits per heavy atom. The molecule has 2 rings (SSSR count). The van der Waals surface area contributed by atoms with Crippen molar-refractivity contribution in [3.05, 3.63) is 47.4 Å². The van der Waals surface area contributed by atoms with Gasteiger partial charge in [-0.1, -0.05) is 0 Å². The molecule has 1 amide bonds. The fourth-order valence-electron chi connectivity index (χ4n) is 2.78. The minimum Gasteiger partial charge on any atom is -0.394 e. The number of halogens is 8. The molecule has 1 aromatic heterocycles. The predicted molar refractivity (Wildman–Crippen MR) is 129 cm³/mol. The molecule has 222 valence electrons. The summed E-state index contributed by atoms with van der Waals surface area (Å²) in [7, 11) is 1.25. The van der Waals surface area contributed by atoms with Gasteiger partial charge in [0.15, 0.2) is 11.6 Å². The smallest absolute Gasteiger partial charge is 0.394 e. The van der Waals surface area contributed by atoms with Crippen molar-refractivity contribution in [3.8, 4) is 0 Å². The highest BCUT2D eigenvalue weighted by Crippen LogP contribution is 2.51. The van der Waals surface area contributed by atoms with Crippen LogP contribution < -0.4 is 22.5 Å². The maximum Gasteiger partial charge on any atom is 0.460 e. The van der Waals surface area contributed by atoms with Gasteiger partial charge in [0.25, 0.3) is 5.91 Å². The number of hydrogen-bond acceptors (Lipinski definition) is 9. The van der Waals surface area contributed by atoms with Gasteiger partial charge in [-0.05, 0) is 49.9 Å². The number of thioether (sulfide) groups is 1. The zero-order valence-corrected chi connectivity index (χ0v) is 21.6. The van der Waals surface area contributed by atoms with Crippen LogP contribution in [0.25, 0.3) is 0 Å². The number of nitrogens with zero attached hydrogens (tertiary/aromatic N) is 3. The van der Waals surface area contributed by atoms with Gasteiger partial charge in [-0.2, -0.15) is 35.8 Å². The quantitative estimate of drug-likeness (QED) is 0.0714. The van der Waals surface area contributed by atoms with E-state index in [1.165, 1.54) is 25.3 Å². The summed E-state index contributed by atoms with van der Waals surface area (Å²) in [5, 5.41) is 15.9. The molecular weight excluding hydrogens is 582 g/mol. The first-order valence-corrected chi connectivity index (χ1v) is 11.5. The summed E-state index contributed by atoms with van der Waals surface area (Å²) in [5.41, 5.74) is -0.763. The number of aliphatic hydroxyl groups is 1. The maximum absolute atomic E-state index is 14.5. The Kier molecular flexibility index (Phi) is 9.83. The fourth-order valence-corrected chi connectivity index (χ4v) is 3.78. The number of amides is 1. The van der Waals surface area contributed by atoms with Crippen molar-refractivity contribution in [1.29, 1.82) is 0 Å². The van der Waals surface area contributed by atoms with Crippen LogP contribution in [0.5, 0.6) is 0 Å². The second-order valence-corrected chi connectivity index (χ2v) is 9.54. The van der Waals surface area contributed by atoms with Gasteiger partial charge in [-0.15, -0.1) is 0 Å². The summed E-state index contributed by atoms with van der Waals surface area (Å²) < 4.78 is 106. The maximum atomic E-state index is 14.5. The monoisotopic (exact) mass is 605 g/mol. The van der Waals surface area contributed by atoms with Crippen molar-refractivity contribution in [3.63, 3.8) is 0 Å². The molecule has 0 aliphatic carbocycles. The Labute approximate surface area is 225 Å². The fraction of sp³-hybridized carbons (Fsp3) is 0.381. The van der Waals surface area contributed by atoms with E-state index in [2.05, 4.69) is 15.6 Å². The minimum absolute atomic E-state index is 0.0842. The Morgan fingerprint density at radius 2 is 1.80 bits per heavy atom. The van der Waals surface area contributed by atoms with E-state index in [1.54, 1.807) is 13.8 Å². The van der Waals surface area contributed by atoms with Crippen molar-refractivity contribution in [2.45, 2.75) is 42.3 Å². The highest BCUT2D eigenvalue weighted by molar-refractivity contribution is 8.13. The van der Waals surface area contributed by atoms with E-state index in [0.29, 0.717) is 0 Å². The highest BCUT2D eigenvalue weighted by atomic mass is 32.2. The van der Waals surface area contributed by atoms with Crippen LogP contribution in [0.2, 0.25) is 0 Å². The zero-order valence-electron chi connectivity index (χ0n) is 20.8. The topological polar surface area (TPSA) is 151 Å². The van der Waals surface area contributed by atoms with Gasteiger partial charge in [-0.25, -0.2) is 15.2 Å². The third kappa shape index (κ3) is 6.65. The van der Waals surface area contributed by atoms with Gasteiger partial charge in [-0.3, -0.25) is 20.1 Å². The molecule has 1 heterocycles. The summed E-state index contributed by atoms with van der Waals surface area (Å²) in [4.78, 5) is 21.0. The molecule has 2 aromatic rings. The number of hydrazine groups is 1. The lowest BCUT2D eigenvalue weighted by Crippen LogP contribution is -2.53. The number of hydrazone groups is 1. The summed E-state index contributed by atoms with van der Waals surface area (Å²) in [6.45, 7) is 2.66.